The van der Waals surface area contributed by atoms with E-state index in [0.717, 1.165) is 61.4 Å². The topological polar surface area (TPSA) is 28.2 Å². The third-order valence-electron chi connectivity index (χ3n) is 5.42. The number of halogens is 3. The molecule has 30 heavy (non-hydrogen) atoms. The molecule has 1 N–H and O–H groups in total. The van der Waals surface area contributed by atoms with E-state index in [4.69, 9.17) is 0 Å². The van der Waals surface area contributed by atoms with Gasteiger partial charge in [0.15, 0.2) is 0 Å². The SMILES string of the molecule is FC(F)(F)c1ccc(CNCCCN2c3ccccc3CCc3ncccc32)cc1. The van der Waals surface area contributed by atoms with Crippen LogP contribution in [0.1, 0.15) is 28.8 Å². The van der Waals surface area contributed by atoms with Crippen molar-refractivity contribution in [2.75, 3.05) is 18.0 Å². The van der Waals surface area contributed by atoms with Gasteiger partial charge < -0.3 is 10.2 Å². The lowest BCUT2D eigenvalue weighted by atomic mass is 10.1. The van der Waals surface area contributed by atoms with Crippen LogP contribution < -0.4 is 10.2 Å². The van der Waals surface area contributed by atoms with Crippen molar-refractivity contribution in [2.24, 2.45) is 0 Å². The van der Waals surface area contributed by atoms with E-state index in [-0.39, 0.29) is 0 Å². The van der Waals surface area contributed by atoms with Crippen molar-refractivity contribution in [1.29, 1.82) is 0 Å². The summed E-state index contributed by atoms with van der Waals surface area (Å²) in [5.41, 5.74) is 5.06. The van der Waals surface area contributed by atoms with Gasteiger partial charge in [0.1, 0.15) is 0 Å². The Bertz CT molecular complexity index is 936. The Labute approximate surface area is 174 Å². The molecule has 1 aliphatic heterocycles. The molecule has 1 aliphatic rings. The van der Waals surface area contributed by atoms with Gasteiger partial charge in [0.05, 0.1) is 16.9 Å². The van der Waals surface area contributed by atoms with Crippen LogP contribution in [0.25, 0.3) is 0 Å². The number of para-hydroxylation sites is 1. The minimum absolute atomic E-state index is 0.548. The molecule has 0 bridgehead atoms. The molecule has 156 valence electrons. The zero-order chi connectivity index (χ0) is 21.0. The first-order valence-electron chi connectivity index (χ1n) is 10.2. The number of fused-ring (bicyclic) bond motifs is 2. The second kappa shape index (κ2) is 8.88. The van der Waals surface area contributed by atoms with Crippen LogP contribution in [-0.4, -0.2) is 18.1 Å². The maximum Gasteiger partial charge on any atom is 0.416 e. The van der Waals surface area contributed by atoms with E-state index in [1.54, 1.807) is 0 Å². The van der Waals surface area contributed by atoms with Gasteiger partial charge in [0.2, 0.25) is 0 Å². The van der Waals surface area contributed by atoms with Crippen molar-refractivity contribution in [3.8, 4) is 0 Å². The number of hydrogen-bond acceptors (Lipinski definition) is 3. The van der Waals surface area contributed by atoms with Crippen LogP contribution in [-0.2, 0) is 25.6 Å². The number of rotatable bonds is 6. The van der Waals surface area contributed by atoms with Crippen molar-refractivity contribution in [3.05, 3.63) is 89.2 Å². The average Bonchev–Trinajstić information content (AvgIpc) is 2.90. The van der Waals surface area contributed by atoms with Crippen molar-refractivity contribution < 1.29 is 13.2 Å². The second-order valence-electron chi connectivity index (χ2n) is 7.47. The largest absolute Gasteiger partial charge is 0.416 e. The number of benzene rings is 2. The third-order valence-corrected chi connectivity index (χ3v) is 5.42. The smallest absolute Gasteiger partial charge is 0.340 e. The number of anilines is 2. The minimum atomic E-state index is -4.29. The standard InChI is InChI=1S/C24H24F3N3/c25-24(26,27)20-11-8-18(9-12-20)17-28-14-4-16-30-22-6-2-1-5-19(22)10-13-21-23(30)7-3-15-29-21/h1-3,5-9,11-12,15,28H,4,10,13-14,16-17H2. The predicted octanol–water partition coefficient (Wildman–Crippen LogP) is 5.52. The summed E-state index contributed by atoms with van der Waals surface area (Å²) < 4.78 is 38.0. The monoisotopic (exact) mass is 411 g/mol. The van der Waals surface area contributed by atoms with Gasteiger partial charge >= 0.3 is 6.18 Å². The zero-order valence-electron chi connectivity index (χ0n) is 16.6. The number of nitrogens with one attached hydrogen (secondary N) is 1. The first-order chi connectivity index (χ1) is 14.5. The molecule has 0 unspecified atom stereocenters. The highest BCUT2D eigenvalue weighted by atomic mass is 19.4. The van der Waals surface area contributed by atoms with Crippen LogP contribution in [0.2, 0.25) is 0 Å². The average molecular weight is 411 g/mol. The number of aromatic nitrogens is 1. The Morgan fingerprint density at radius 3 is 2.47 bits per heavy atom. The summed E-state index contributed by atoms with van der Waals surface area (Å²) in [5, 5.41) is 3.34. The van der Waals surface area contributed by atoms with Crippen LogP contribution >= 0.6 is 0 Å². The number of pyridine rings is 1. The van der Waals surface area contributed by atoms with Crippen LogP contribution in [0.3, 0.4) is 0 Å². The van der Waals surface area contributed by atoms with Crippen molar-refractivity contribution in [1.82, 2.24) is 10.3 Å². The van der Waals surface area contributed by atoms with Gasteiger partial charge in [-0.2, -0.15) is 13.2 Å². The molecular formula is C24H24F3N3. The molecule has 0 amide bonds. The number of hydrogen-bond donors (Lipinski definition) is 1. The number of nitrogens with zero attached hydrogens (tertiary/aromatic N) is 2. The van der Waals surface area contributed by atoms with Gasteiger partial charge in [-0.1, -0.05) is 30.3 Å². The molecule has 0 saturated carbocycles. The van der Waals surface area contributed by atoms with Crippen LogP contribution in [0.4, 0.5) is 24.5 Å². The summed E-state index contributed by atoms with van der Waals surface area (Å²) >= 11 is 0. The molecule has 2 aromatic carbocycles. The molecule has 2 heterocycles. The lowest BCUT2D eigenvalue weighted by Crippen LogP contribution is -2.24. The molecule has 0 atom stereocenters. The zero-order valence-corrected chi connectivity index (χ0v) is 16.6. The first-order valence-corrected chi connectivity index (χ1v) is 10.2. The quantitative estimate of drug-likeness (QED) is 0.542. The molecule has 3 aromatic rings. The fourth-order valence-corrected chi connectivity index (χ4v) is 3.88. The molecule has 0 fully saturated rings. The Kier molecular flexibility index (Phi) is 6.04. The van der Waals surface area contributed by atoms with Crippen LogP contribution in [0, 0.1) is 0 Å². The molecule has 0 saturated heterocycles. The highest BCUT2D eigenvalue weighted by molar-refractivity contribution is 5.69. The van der Waals surface area contributed by atoms with Gasteiger partial charge in [0, 0.05) is 25.0 Å². The summed E-state index contributed by atoms with van der Waals surface area (Å²) in [7, 11) is 0. The van der Waals surface area contributed by atoms with Crippen LogP contribution in [0.15, 0.2) is 66.9 Å². The molecule has 6 heteroatoms. The van der Waals surface area contributed by atoms with Gasteiger partial charge in [-0.25, -0.2) is 0 Å². The van der Waals surface area contributed by atoms with Crippen molar-refractivity contribution in [2.45, 2.75) is 32.0 Å². The predicted molar refractivity (Wildman–Crippen MR) is 113 cm³/mol. The summed E-state index contributed by atoms with van der Waals surface area (Å²) in [6, 6.07) is 17.9. The van der Waals surface area contributed by atoms with E-state index < -0.39 is 11.7 Å². The summed E-state index contributed by atoms with van der Waals surface area (Å²) in [5.74, 6) is 0. The van der Waals surface area contributed by atoms with E-state index >= 15 is 0 Å². The second-order valence-corrected chi connectivity index (χ2v) is 7.47. The normalized spacial score (nSPS) is 13.5. The molecule has 0 spiro atoms. The fourth-order valence-electron chi connectivity index (χ4n) is 3.88. The summed E-state index contributed by atoms with van der Waals surface area (Å²) in [6.45, 7) is 2.16. The van der Waals surface area contributed by atoms with E-state index in [2.05, 4.69) is 45.5 Å². The molecule has 4 rings (SSSR count). The first kappa shape index (κ1) is 20.4. The highest BCUT2D eigenvalue weighted by Gasteiger charge is 2.29. The molecule has 0 aliphatic carbocycles. The maximum atomic E-state index is 12.7. The Morgan fingerprint density at radius 2 is 1.67 bits per heavy atom. The van der Waals surface area contributed by atoms with Gasteiger partial charge in [-0.05, 0) is 67.3 Å². The molecule has 0 radical (unpaired) electrons. The molecule has 1 aromatic heterocycles. The number of aryl methyl sites for hydroxylation is 2. The lowest BCUT2D eigenvalue weighted by molar-refractivity contribution is -0.137. The Balaban J connectivity index is 1.36. The summed E-state index contributed by atoms with van der Waals surface area (Å²) in [6.07, 6.45) is 0.362. The molecular weight excluding hydrogens is 387 g/mol. The molecule has 3 nitrogen and oxygen atoms in total. The van der Waals surface area contributed by atoms with Gasteiger partial charge in [0.25, 0.3) is 0 Å². The third kappa shape index (κ3) is 4.65. The highest BCUT2D eigenvalue weighted by Crippen LogP contribution is 2.35. The van der Waals surface area contributed by atoms with Gasteiger partial charge in [-0.3, -0.25) is 4.98 Å². The van der Waals surface area contributed by atoms with Crippen LogP contribution in [0.5, 0.6) is 0 Å². The fraction of sp³-hybridized carbons (Fsp3) is 0.292. The maximum absolute atomic E-state index is 12.7. The summed E-state index contributed by atoms with van der Waals surface area (Å²) in [4.78, 5) is 6.92. The van der Waals surface area contributed by atoms with Gasteiger partial charge in [-0.15, -0.1) is 0 Å². The Morgan fingerprint density at radius 1 is 0.900 bits per heavy atom. The van der Waals surface area contributed by atoms with Crippen molar-refractivity contribution >= 4 is 11.4 Å². The minimum Gasteiger partial charge on any atom is -0.340 e. The van der Waals surface area contributed by atoms with E-state index in [0.29, 0.717) is 6.54 Å². The lowest BCUT2D eigenvalue weighted by Gasteiger charge is -2.26. The van der Waals surface area contributed by atoms with Crippen molar-refractivity contribution in [3.63, 3.8) is 0 Å². The van der Waals surface area contributed by atoms with E-state index in [1.165, 1.54) is 23.4 Å². The van der Waals surface area contributed by atoms with E-state index in [9.17, 15) is 13.2 Å². The Hall–Kier alpha value is -2.86. The number of alkyl halides is 3. The van der Waals surface area contributed by atoms with E-state index in [1.807, 2.05) is 12.3 Å².